The molecule has 0 aliphatic heterocycles. The number of furan rings is 1. The Bertz CT molecular complexity index is 1350. The number of rotatable bonds is 9. The van der Waals surface area contributed by atoms with Crippen LogP contribution in [-0.2, 0) is 22.4 Å². The molecule has 0 aliphatic rings. The number of carbonyl (C=O) groups is 1. The standard InChI is InChI=1S/C26H21N3O4/c30-17-31-18-33-26-23(15-21-12-7-13-32-21)28-25-22(14-19-8-3-1-4-9-19)27-24(16-29(25)26)20-10-5-2-6-11-20/h1-13,16-17H,14-15,18H2. The zero-order valence-electron chi connectivity index (χ0n) is 17.8. The van der Waals surface area contributed by atoms with Gasteiger partial charge in [-0.3, -0.25) is 9.20 Å². The molecule has 164 valence electrons. The van der Waals surface area contributed by atoms with E-state index in [2.05, 4.69) is 12.1 Å². The average Bonchev–Trinajstić information content (AvgIpc) is 3.49. The van der Waals surface area contributed by atoms with Gasteiger partial charge >= 0.3 is 0 Å². The molecule has 0 saturated heterocycles. The molecule has 0 saturated carbocycles. The third-order valence-corrected chi connectivity index (χ3v) is 5.24. The highest BCUT2D eigenvalue weighted by atomic mass is 16.7. The molecule has 0 amide bonds. The quantitative estimate of drug-likeness (QED) is 0.189. The first-order chi connectivity index (χ1) is 16.3. The number of benzene rings is 2. The lowest BCUT2D eigenvalue weighted by atomic mass is 10.1. The second-order valence-electron chi connectivity index (χ2n) is 7.44. The van der Waals surface area contributed by atoms with Crippen molar-refractivity contribution >= 4 is 12.1 Å². The van der Waals surface area contributed by atoms with Gasteiger partial charge in [-0.05, 0) is 17.7 Å². The molecule has 5 rings (SSSR count). The van der Waals surface area contributed by atoms with Crippen LogP contribution in [0.25, 0.3) is 16.9 Å². The van der Waals surface area contributed by atoms with Gasteiger partial charge in [0.15, 0.2) is 5.65 Å². The van der Waals surface area contributed by atoms with Gasteiger partial charge in [0, 0.05) is 18.2 Å². The molecule has 0 radical (unpaired) electrons. The Morgan fingerprint density at radius 3 is 2.39 bits per heavy atom. The lowest BCUT2D eigenvalue weighted by molar-refractivity contribution is -0.134. The van der Waals surface area contributed by atoms with Gasteiger partial charge in [0.1, 0.15) is 11.5 Å². The van der Waals surface area contributed by atoms with Crippen molar-refractivity contribution in [3.63, 3.8) is 0 Å². The molecule has 33 heavy (non-hydrogen) atoms. The van der Waals surface area contributed by atoms with E-state index < -0.39 is 0 Å². The van der Waals surface area contributed by atoms with Gasteiger partial charge < -0.3 is 13.9 Å². The second-order valence-corrected chi connectivity index (χ2v) is 7.44. The summed E-state index contributed by atoms with van der Waals surface area (Å²) in [6, 6.07) is 23.8. The maximum Gasteiger partial charge on any atom is 0.295 e. The summed E-state index contributed by atoms with van der Waals surface area (Å²) in [7, 11) is 0. The number of hydrogen-bond donors (Lipinski definition) is 0. The summed E-state index contributed by atoms with van der Waals surface area (Å²) in [6.07, 6.45) is 4.55. The molecule has 7 nitrogen and oxygen atoms in total. The molecular formula is C26H21N3O4. The Morgan fingerprint density at radius 1 is 0.879 bits per heavy atom. The van der Waals surface area contributed by atoms with Crippen LogP contribution in [0.2, 0.25) is 0 Å². The lowest BCUT2D eigenvalue weighted by Gasteiger charge is -2.10. The molecule has 0 fully saturated rings. The predicted molar refractivity (Wildman–Crippen MR) is 122 cm³/mol. The number of ether oxygens (including phenoxy) is 2. The molecule has 7 heteroatoms. The minimum absolute atomic E-state index is 0.223. The molecule has 0 N–H and O–H groups in total. The van der Waals surface area contributed by atoms with Crippen LogP contribution in [-0.4, -0.2) is 27.6 Å². The summed E-state index contributed by atoms with van der Waals surface area (Å²) in [5, 5.41) is 0. The van der Waals surface area contributed by atoms with E-state index in [1.807, 2.05) is 71.3 Å². The average molecular weight is 439 g/mol. The molecule has 3 heterocycles. The Labute approximate surface area is 190 Å². The fraction of sp³-hybridized carbons (Fsp3) is 0.115. The van der Waals surface area contributed by atoms with Crippen LogP contribution in [0.4, 0.5) is 0 Å². The summed E-state index contributed by atoms with van der Waals surface area (Å²) < 4.78 is 18.1. The lowest BCUT2D eigenvalue weighted by Crippen LogP contribution is -2.06. The number of carbonyl (C=O) groups excluding carboxylic acids is 1. The highest BCUT2D eigenvalue weighted by Crippen LogP contribution is 2.29. The normalized spacial score (nSPS) is 10.9. The first-order valence-electron chi connectivity index (χ1n) is 10.5. The van der Waals surface area contributed by atoms with Crippen LogP contribution in [0, 0.1) is 0 Å². The van der Waals surface area contributed by atoms with Gasteiger partial charge in [0.05, 0.1) is 24.1 Å². The number of nitrogens with zero attached hydrogens (tertiary/aromatic N) is 3. The van der Waals surface area contributed by atoms with Crippen LogP contribution >= 0.6 is 0 Å². The van der Waals surface area contributed by atoms with Crippen LogP contribution in [0.3, 0.4) is 0 Å². The van der Waals surface area contributed by atoms with Gasteiger partial charge in [0.2, 0.25) is 12.7 Å². The van der Waals surface area contributed by atoms with E-state index in [1.54, 1.807) is 6.26 Å². The molecule has 0 atom stereocenters. The number of hydrogen-bond acceptors (Lipinski definition) is 6. The van der Waals surface area contributed by atoms with Crippen LogP contribution < -0.4 is 4.74 Å². The molecule has 0 aliphatic carbocycles. The maximum atomic E-state index is 10.7. The van der Waals surface area contributed by atoms with E-state index in [9.17, 15) is 4.79 Å². The smallest absolute Gasteiger partial charge is 0.295 e. The molecule has 0 unspecified atom stereocenters. The van der Waals surface area contributed by atoms with Gasteiger partial charge in [-0.2, -0.15) is 0 Å². The van der Waals surface area contributed by atoms with Crippen LogP contribution in [0.1, 0.15) is 22.7 Å². The van der Waals surface area contributed by atoms with Crippen molar-refractivity contribution in [2.24, 2.45) is 0 Å². The third-order valence-electron chi connectivity index (χ3n) is 5.24. The molecule has 3 aromatic heterocycles. The number of fused-ring (bicyclic) bond motifs is 1. The van der Waals surface area contributed by atoms with E-state index in [0.717, 1.165) is 28.3 Å². The monoisotopic (exact) mass is 439 g/mol. The van der Waals surface area contributed by atoms with Crippen molar-refractivity contribution in [2.75, 3.05) is 6.79 Å². The van der Waals surface area contributed by atoms with Gasteiger partial charge in [0.25, 0.3) is 6.47 Å². The van der Waals surface area contributed by atoms with Gasteiger partial charge in [-0.25, -0.2) is 9.97 Å². The van der Waals surface area contributed by atoms with Crippen molar-refractivity contribution < 1.29 is 18.7 Å². The number of aromatic nitrogens is 3. The van der Waals surface area contributed by atoms with E-state index in [4.69, 9.17) is 23.9 Å². The zero-order valence-corrected chi connectivity index (χ0v) is 17.8. The highest BCUT2D eigenvalue weighted by Gasteiger charge is 2.20. The third kappa shape index (κ3) is 4.48. The Morgan fingerprint density at radius 2 is 1.67 bits per heavy atom. The molecule has 0 spiro atoms. The largest absolute Gasteiger partial charge is 0.469 e. The van der Waals surface area contributed by atoms with Crippen molar-refractivity contribution in [1.82, 2.24) is 14.4 Å². The first kappa shape index (κ1) is 20.5. The molecule has 2 aromatic carbocycles. The van der Waals surface area contributed by atoms with Gasteiger partial charge in [-0.15, -0.1) is 0 Å². The SMILES string of the molecule is O=COCOc1c(Cc2ccco2)nc2c(Cc3ccccc3)nc(-c3ccccc3)cn12. The fourth-order valence-electron chi connectivity index (χ4n) is 3.75. The van der Waals surface area contributed by atoms with E-state index in [0.29, 0.717) is 36.5 Å². The first-order valence-corrected chi connectivity index (χ1v) is 10.5. The minimum Gasteiger partial charge on any atom is -0.469 e. The summed E-state index contributed by atoms with van der Waals surface area (Å²) in [6.45, 7) is 0.132. The molecular weight excluding hydrogens is 418 g/mol. The summed E-state index contributed by atoms with van der Waals surface area (Å²) >= 11 is 0. The predicted octanol–water partition coefficient (Wildman–Crippen LogP) is 4.68. The number of imidazole rings is 1. The van der Waals surface area contributed by atoms with Crippen LogP contribution in [0.15, 0.2) is 89.7 Å². The van der Waals surface area contributed by atoms with E-state index >= 15 is 0 Å². The summed E-state index contributed by atoms with van der Waals surface area (Å²) in [5.41, 5.74) is 5.05. The Balaban J connectivity index is 1.68. The molecule has 0 bridgehead atoms. The molecule has 5 aromatic rings. The van der Waals surface area contributed by atoms with Crippen molar-refractivity contribution in [3.8, 4) is 17.1 Å². The van der Waals surface area contributed by atoms with Crippen molar-refractivity contribution in [3.05, 3.63) is 108 Å². The van der Waals surface area contributed by atoms with E-state index in [-0.39, 0.29) is 6.79 Å². The second kappa shape index (κ2) is 9.40. The van der Waals surface area contributed by atoms with Gasteiger partial charge in [-0.1, -0.05) is 60.7 Å². The summed E-state index contributed by atoms with van der Waals surface area (Å²) in [4.78, 5) is 20.5. The maximum absolute atomic E-state index is 10.7. The minimum atomic E-state index is -0.223. The van der Waals surface area contributed by atoms with Crippen molar-refractivity contribution in [2.45, 2.75) is 12.8 Å². The van der Waals surface area contributed by atoms with Crippen LogP contribution in [0.5, 0.6) is 5.88 Å². The van der Waals surface area contributed by atoms with E-state index in [1.165, 1.54) is 0 Å². The summed E-state index contributed by atoms with van der Waals surface area (Å²) in [5.74, 6) is 1.23. The van der Waals surface area contributed by atoms with Crippen molar-refractivity contribution in [1.29, 1.82) is 0 Å². The fourth-order valence-corrected chi connectivity index (χ4v) is 3.75. The highest BCUT2D eigenvalue weighted by molar-refractivity contribution is 5.63. The Kier molecular flexibility index (Phi) is 5.84. The zero-order chi connectivity index (χ0) is 22.5. The topological polar surface area (TPSA) is 78.9 Å². The Hall–Kier alpha value is -4.39.